The summed E-state index contributed by atoms with van der Waals surface area (Å²) in [6.07, 6.45) is 8.05. The standard InChI is InChI=1S/C15H26N4O2/c1-5-6-7-8-12(2)18-14(20)16-11-15(3,21)13-9-17-19(4)10-13/h5,9-10,12,21H,1,6-8,11H2,2-4H3,(H2,16,18,20). The number of hydrogen-bond donors (Lipinski definition) is 3. The second-order valence-electron chi connectivity index (χ2n) is 5.62. The van der Waals surface area contributed by atoms with Crippen LogP contribution in [0.4, 0.5) is 4.79 Å². The number of rotatable bonds is 8. The lowest BCUT2D eigenvalue weighted by atomic mass is 10.00. The molecule has 6 heteroatoms. The maximum absolute atomic E-state index is 11.8. The van der Waals surface area contributed by atoms with E-state index in [-0.39, 0.29) is 18.6 Å². The van der Waals surface area contributed by atoms with Crippen molar-refractivity contribution in [2.75, 3.05) is 6.54 Å². The van der Waals surface area contributed by atoms with Crippen molar-refractivity contribution in [3.63, 3.8) is 0 Å². The van der Waals surface area contributed by atoms with Crippen molar-refractivity contribution < 1.29 is 9.90 Å². The molecule has 0 saturated heterocycles. The molecule has 1 heterocycles. The molecule has 1 rings (SSSR count). The molecule has 0 bridgehead atoms. The van der Waals surface area contributed by atoms with Gasteiger partial charge in [-0.25, -0.2) is 4.79 Å². The van der Waals surface area contributed by atoms with E-state index in [0.717, 1.165) is 19.3 Å². The Bertz CT molecular complexity index is 468. The Labute approximate surface area is 126 Å². The third-order valence-corrected chi connectivity index (χ3v) is 3.34. The summed E-state index contributed by atoms with van der Waals surface area (Å²) in [5, 5.41) is 19.9. The summed E-state index contributed by atoms with van der Waals surface area (Å²) in [7, 11) is 1.78. The molecule has 0 saturated carbocycles. The molecule has 0 aliphatic rings. The SMILES string of the molecule is C=CCCCC(C)NC(=O)NCC(C)(O)c1cnn(C)c1. The van der Waals surface area contributed by atoms with Crippen LogP contribution in [0.25, 0.3) is 0 Å². The van der Waals surface area contributed by atoms with Crippen molar-refractivity contribution in [1.29, 1.82) is 0 Å². The molecule has 1 aromatic heterocycles. The average Bonchev–Trinajstić information content (AvgIpc) is 2.84. The summed E-state index contributed by atoms with van der Waals surface area (Å²) in [6.45, 7) is 7.41. The van der Waals surface area contributed by atoms with Crippen LogP contribution in [0.15, 0.2) is 25.0 Å². The van der Waals surface area contributed by atoms with E-state index in [1.807, 2.05) is 13.0 Å². The summed E-state index contributed by atoms with van der Waals surface area (Å²) in [6, 6.07) is -0.182. The highest BCUT2D eigenvalue weighted by Gasteiger charge is 2.25. The second kappa shape index (κ2) is 7.83. The molecule has 6 nitrogen and oxygen atoms in total. The van der Waals surface area contributed by atoms with Crippen molar-refractivity contribution in [1.82, 2.24) is 20.4 Å². The van der Waals surface area contributed by atoms with Crippen LogP contribution in [0.5, 0.6) is 0 Å². The number of aliphatic hydroxyl groups is 1. The summed E-state index contributed by atoms with van der Waals surface area (Å²) in [5.41, 5.74) is -0.471. The molecule has 0 aliphatic heterocycles. The quantitative estimate of drug-likeness (QED) is 0.504. The largest absolute Gasteiger partial charge is 0.383 e. The number of aryl methyl sites for hydroxylation is 1. The van der Waals surface area contributed by atoms with Crippen LogP contribution in [-0.4, -0.2) is 33.5 Å². The first-order valence-corrected chi connectivity index (χ1v) is 7.22. The van der Waals surface area contributed by atoms with Gasteiger partial charge in [0.2, 0.25) is 0 Å². The molecule has 2 atom stereocenters. The van der Waals surface area contributed by atoms with Crippen LogP contribution in [0, 0.1) is 0 Å². The minimum absolute atomic E-state index is 0.0910. The van der Waals surface area contributed by atoms with E-state index in [2.05, 4.69) is 22.3 Å². The smallest absolute Gasteiger partial charge is 0.315 e. The predicted octanol–water partition coefficient (Wildman–Crippen LogP) is 1.67. The monoisotopic (exact) mass is 294 g/mol. The number of urea groups is 1. The summed E-state index contributed by atoms with van der Waals surface area (Å²) in [5.74, 6) is 0. The average molecular weight is 294 g/mol. The van der Waals surface area contributed by atoms with Gasteiger partial charge in [-0.05, 0) is 33.1 Å². The van der Waals surface area contributed by atoms with Gasteiger partial charge < -0.3 is 15.7 Å². The highest BCUT2D eigenvalue weighted by Crippen LogP contribution is 2.18. The molecule has 0 aromatic carbocycles. The molecule has 0 spiro atoms. The molecule has 0 aliphatic carbocycles. The van der Waals surface area contributed by atoms with Crippen molar-refractivity contribution in [3.05, 3.63) is 30.6 Å². The Morgan fingerprint density at radius 2 is 2.38 bits per heavy atom. The van der Waals surface area contributed by atoms with E-state index in [1.54, 1.807) is 31.0 Å². The van der Waals surface area contributed by atoms with Gasteiger partial charge in [0.05, 0.1) is 12.7 Å². The minimum atomic E-state index is -1.14. The lowest BCUT2D eigenvalue weighted by Crippen LogP contribution is -2.46. The van der Waals surface area contributed by atoms with Gasteiger partial charge >= 0.3 is 6.03 Å². The van der Waals surface area contributed by atoms with E-state index < -0.39 is 5.60 Å². The lowest BCUT2D eigenvalue weighted by Gasteiger charge is -2.23. The number of amides is 2. The van der Waals surface area contributed by atoms with Crippen molar-refractivity contribution in [2.24, 2.45) is 7.05 Å². The van der Waals surface area contributed by atoms with Crippen LogP contribution < -0.4 is 10.6 Å². The molecule has 1 aromatic rings. The number of carbonyl (C=O) groups excluding carboxylic acids is 1. The van der Waals surface area contributed by atoms with E-state index in [9.17, 15) is 9.90 Å². The van der Waals surface area contributed by atoms with Crippen molar-refractivity contribution in [2.45, 2.75) is 44.8 Å². The number of aromatic nitrogens is 2. The summed E-state index contributed by atoms with van der Waals surface area (Å²) < 4.78 is 1.62. The number of nitrogens with zero attached hydrogens (tertiary/aromatic N) is 2. The van der Waals surface area contributed by atoms with E-state index in [4.69, 9.17) is 0 Å². The van der Waals surface area contributed by atoms with Crippen LogP contribution in [-0.2, 0) is 12.6 Å². The fourth-order valence-corrected chi connectivity index (χ4v) is 1.97. The second-order valence-corrected chi connectivity index (χ2v) is 5.62. The highest BCUT2D eigenvalue weighted by atomic mass is 16.3. The molecular weight excluding hydrogens is 268 g/mol. The fourth-order valence-electron chi connectivity index (χ4n) is 1.97. The Hall–Kier alpha value is -1.82. The van der Waals surface area contributed by atoms with E-state index in [1.165, 1.54) is 0 Å². The van der Waals surface area contributed by atoms with Gasteiger partial charge in [-0.3, -0.25) is 4.68 Å². The molecular formula is C15H26N4O2. The van der Waals surface area contributed by atoms with Crippen LogP contribution in [0.2, 0.25) is 0 Å². The third kappa shape index (κ3) is 5.99. The Balaban J connectivity index is 2.36. The number of nitrogens with one attached hydrogen (secondary N) is 2. The van der Waals surface area contributed by atoms with Crippen LogP contribution in [0.3, 0.4) is 0 Å². The number of unbranched alkanes of at least 4 members (excludes halogenated alkanes) is 1. The molecule has 2 amide bonds. The van der Waals surface area contributed by atoms with Crippen molar-refractivity contribution in [3.8, 4) is 0 Å². The Morgan fingerprint density at radius 3 is 2.95 bits per heavy atom. The molecule has 3 N–H and O–H groups in total. The Morgan fingerprint density at radius 1 is 1.67 bits per heavy atom. The van der Waals surface area contributed by atoms with Gasteiger partial charge in [0.25, 0.3) is 0 Å². The van der Waals surface area contributed by atoms with Crippen LogP contribution in [0.1, 0.15) is 38.7 Å². The number of allylic oxidation sites excluding steroid dienone is 1. The third-order valence-electron chi connectivity index (χ3n) is 3.34. The summed E-state index contributed by atoms with van der Waals surface area (Å²) in [4.78, 5) is 11.8. The maximum atomic E-state index is 11.8. The minimum Gasteiger partial charge on any atom is -0.383 e. The maximum Gasteiger partial charge on any atom is 0.315 e. The molecule has 118 valence electrons. The van der Waals surface area contributed by atoms with E-state index in [0.29, 0.717) is 5.56 Å². The van der Waals surface area contributed by atoms with Gasteiger partial charge in [-0.15, -0.1) is 6.58 Å². The first kappa shape index (κ1) is 17.2. The first-order chi connectivity index (χ1) is 9.85. The summed E-state index contributed by atoms with van der Waals surface area (Å²) >= 11 is 0. The fraction of sp³-hybridized carbons (Fsp3) is 0.600. The topological polar surface area (TPSA) is 79.2 Å². The van der Waals surface area contributed by atoms with Gasteiger partial charge in [0.15, 0.2) is 0 Å². The molecule has 0 fully saturated rings. The predicted molar refractivity (Wildman–Crippen MR) is 82.8 cm³/mol. The van der Waals surface area contributed by atoms with Gasteiger partial charge in [-0.1, -0.05) is 6.08 Å². The number of carbonyl (C=O) groups is 1. The first-order valence-electron chi connectivity index (χ1n) is 7.22. The van der Waals surface area contributed by atoms with E-state index >= 15 is 0 Å². The van der Waals surface area contributed by atoms with Gasteiger partial charge in [-0.2, -0.15) is 5.10 Å². The van der Waals surface area contributed by atoms with Crippen LogP contribution >= 0.6 is 0 Å². The zero-order chi connectivity index (χ0) is 15.9. The zero-order valence-corrected chi connectivity index (χ0v) is 13.1. The lowest BCUT2D eigenvalue weighted by molar-refractivity contribution is 0.0592. The Kier molecular flexibility index (Phi) is 6.42. The van der Waals surface area contributed by atoms with Gasteiger partial charge in [0, 0.05) is 24.8 Å². The zero-order valence-electron chi connectivity index (χ0n) is 13.1. The van der Waals surface area contributed by atoms with Gasteiger partial charge in [0.1, 0.15) is 5.60 Å². The molecule has 21 heavy (non-hydrogen) atoms. The number of hydrogen-bond acceptors (Lipinski definition) is 3. The normalized spacial score (nSPS) is 15.0. The molecule has 2 unspecified atom stereocenters. The highest BCUT2D eigenvalue weighted by molar-refractivity contribution is 5.74. The van der Waals surface area contributed by atoms with Crippen molar-refractivity contribution >= 4 is 6.03 Å². The molecule has 0 radical (unpaired) electrons.